The van der Waals surface area contributed by atoms with Crippen LogP contribution in [0.4, 0.5) is 32.8 Å². The van der Waals surface area contributed by atoms with Crippen LogP contribution in [0, 0.1) is 40.4 Å². The molecule has 5 saturated heterocycles. The van der Waals surface area contributed by atoms with Gasteiger partial charge in [-0.15, -0.1) is 11.8 Å². The van der Waals surface area contributed by atoms with Gasteiger partial charge in [-0.1, -0.05) is 18.2 Å². The smallest absolute Gasteiger partial charge is 0.258 e. The number of thioether (sulfide) groups is 1. The molecule has 16 aromatic heterocycles. The van der Waals surface area contributed by atoms with E-state index in [0.717, 1.165) is 209 Å². The number of halogens is 1. The summed E-state index contributed by atoms with van der Waals surface area (Å²) in [5.74, 6) is 0.939. The van der Waals surface area contributed by atoms with Crippen LogP contribution in [0.15, 0.2) is 251 Å². The second-order valence-corrected chi connectivity index (χ2v) is 37.7. The zero-order valence-electron chi connectivity index (χ0n) is 80.6. The first-order valence-electron chi connectivity index (χ1n) is 47.6. The summed E-state index contributed by atoms with van der Waals surface area (Å²) in [6.07, 6.45) is 18.2. The van der Waals surface area contributed by atoms with Gasteiger partial charge in [0.05, 0.1) is 85.7 Å². The van der Waals surface area contributed by atoms with E-state index in [0.29, 0.717) is 108 Å². The number of nitrogens with zero attached hydrogens (tertiary/aromatic N) is 25. The maximum atomic E-state index is 14.1. The van der Waals surface area contributed by atoms with Crippen LogP contribution in [0.3, 0.4) is 0 Å². The summed E-state index contributed by atoms with van der Waals surface area (Å²) in [5, 5.41) is 11.5. The van der Waals surface area contributed by atoms with Gasteiger partial charge in [0.25, 0.3) is 27.8 Å². The second kappa shape index (κ2) is 39.9. The first-order valence-corrected chi connectivity index (χ1v) is 48.8. The van der Waals surface area contributed by atoms with Gasteiger partial charge >= 0.3 is 0 Å². The van der Waals surface area contributed by atoms with E-state index in [1.54, 1.807) is 62.9 Å². The third-order valence-corrected chi connectivity index (χ3v) is 27.1. The van der Waals surface area contributed by atoms with E-state index in [1.807, 2.05) is 204 Å². The third-order valence-electron chi connectivity index (χ3n) is 26.4. The van der Waals surface area contributed by atoms with Gasteiger partial charge in [0.1, 0.15) is 56.4 Å². The van der Waals surface area contributed by atoms with E-state index < -0.39 is 0 Å². The minimum absolute atomic E-state index is 0.0688. The van der Waals surface area contributed by atoms with Crippen molar-refractivity contribution in [3.63, 3.8) is 0 Å². The van der Waals surface area contributed by atoms with Crippen LogP contribution in [0.2, 0.25) is 0 Å². The van der Waals surface area contributed by atoms with Crippen molar-refractivity contribution < 1.29 is 13.2 Å². The highest BCUT2D eigenvalue weighted by Crippen LogP contribution is 2.32. The van der Waals surface area contributed by atoms with Crippen LogP contribution < -0.4 is 62.9 Å². The molecule has 0 aliphatic carbocycles. The summed E-state index contributed by atoms with van der Waals surface area (Å²) in [6.45, 7) is 31.4. The monoisotopic (exact) mass is 1910 g/mol. The highest BCUT2D eigenvalue weighted by molar-refractivity contribution is 7.98. The van der Waals surface area contributed by atoms with Gasteiger partial charge in [0.2, 0.25) is 0 Å². The molecule has 2 atom stereocenters. The van der Waals surface area contributed by atoms with E-state index in [9.17, 15) is 28.4 Å². The topological polar surface area (TPSA) is 321 Å². The Morgan fingerprint density at radius 1 is 0.355 bits per heavy atom. The Bertz CT molecular complexity index is 8280. The molecule has 0 amide bonds. The van der Waals surface area contributed by atoms with Gasteiger partial charge in [-0.25, -0.2) is 48.8 Å². The SMILES string of the molecule is CSc1ccc(-c2cc(=O)n3cc(N4CCNCC4)ccc3n2)cc1F.Cc1cn2cc(-c3cc(=O)n4cc(N5CCCN(C)CC5)ccc4n3)ccc2n1.Cc1cn2nc(-c3cc(=O)n4cc(N5CCN(C)CC5)ccc4n3)cc2c(C)n1.Cc1nc2ccc(-c3cc(=O)n4cc(N5CCN(C)CC5)ccc4n3)cc2o1.Cc1nc2ccc(-c3cc(=O)n4cc(N5C[C@@H](C)N[C@@H](C)C5)ccc4n3)cc2o1. The van der Waals surface area contributed by atoms with E-state index >= 15 is 0 Å². The number of pyridine rings is 6. The number of hydrogen-bond donors (Lipinski definition) is 2. The van der Waals surface area contributed by atoms with Crippen LogP contribution in [0.1, 0.15) is 49.1 Å². The summed E-state index contributed by atoms with van der Waals surface area (Å²) in [5.41, 5.74) is 22.1. The fourth-order valence-corrected chi connectivity index (χ4v) is 19.4. The van der Waals surface area contributed by atoms with E-state index in [2.05, 4.69) is 121 Å². The molecular weight excluding hydrogens is 1800 g/mol. The molecule has 141 heavy (non-hydrogen) atoms. The van der Waals surface area contributed by atoms with Gasteiger partial charge < -0.3 is 63.1 Å². The molecule has 2 N–H and O–H groups in total. The Labute approximate surface area is 814 Å². The van der Waals surface area contributed by atoms with Crippen molar-refractivity contribution in [1.29, 1.82) is 0 Å². The molecule has 0 radical (unpaired) electrons. The largest absolute Gasteiger partial charge is 0.441 e. The van der Waals surface area contributed by atoms with E-state index in [-0.39, 0.29) is 33.6 Å². The van der Waals surface area contributed by atoms with Crippen molar-refractivity contribution in [2.75, 3.05) is 170 Å². The Balaban J connectivity index is 0.000000108. The van der Waals surface area contributed by atoms with Crippen LogP contribution in [-0.4, -0.2) is 253 Å². The number of imidazole rings is 1. The predicted octanol–water partition coefficient (Wildman–Crippen LogP) is 12.4. The number of anilines is 5. The molecular formula is C105H110FN27O7S. The van der Waals surface area contributed by atoms with Gasteiger partial charge in [0.15, 0.2) is 22.9 Å². The van der Waals surface area contributed by atoms with Gasteiger partial charge in [-0.3, -0.25) is 51.0 Å². The molecule has 36 heteroatoms. The number of aromatic nitrogens is 17. The number of aryl methyl sites for hydroxylation is 5. The number of fused-ring (bicyclic) bond motifs is 9. The minimum atomic E-state index is -0.300. The standard InChI is InChI=1S/C22H24N6O.C22H23N5O2.C21H23N7O.C21H21N5O2.C19H19FN4OS/c1-16-13-27-14-17(4-6-20(27)23-16)19-12-22(29)28-15-18(5-7-21(28)24-19)26-9-3-8-25(2)10-11-26;1-13-10-26(11-14(2)23-13)17-5-7-21-25-19(9-22(28)27(21)12-17)16-4-6-18-20(8-16)29-15(3)24-18;1-14-12-28-19(15(2)22-14)10-18(24-28)17-11-21(29)27-13-16(4-5-20(27)23-17)26-8-6-25(3)7-9-26;1-14-22-17-5-3-15(11-19(17)28-14)18-12-21(27)26-13-16(4-6-20(26)23-18)25-9-7-24(2)8-10-25;1-26-17-4-2-13(10-15(17)20)16-11-19(25)24-12-14(3-5-18(24)22-16)23-8-6-21-7-9-23/h4-7,12-15H,3,8-11H2,1-2H3;4-9,12-14,23H,10-11H2,1-3H3;4-5,10-13H,6-9H2,1-3H3;3-6,11-13H,7-10H2,1-2H3;2-5,10-12,21H,6-9H2,1H3/t;13-,14+;;;. The lowest BCUT2D eigenvalue weighted by atomic mass is 10.1. The molecule has 0 unspecified atom stereocenters. The van der Waals surface area contributed by atoms with Crippen molar-refractivity contribution in [1.82, 2.24) is 106 Å². The van der Waals surface area contributed by atoms with Gasteiger partial charge in [-0.2, -0.15) is 5.10 Å². The lowest BCUT2D eigenvalue weighted by molar-refractivity contribution is 0.313. The number of hydrogen-bond acceptors (Lipinski definition) is 28. The summed E-state index contributed by atoms with van der Waals surface area (Å²) >= 11 is 1.35. The summed E-state index contributed by atoms with van der Waals surface area (Å²) in [6, 6.07) is 50.4. The Morgan fingerprint density at radius 3 is 1.19 bits per heavy atom. The molecule has 5 aliphatic heterocycles. The number of nitrogens with one attached hydrogen (secondary N) is 2. The summed E-state index contributed by atoms with van der Waals surface area (Å²) < 4.78 is 37.1. The summed E-state index contributed by atoms with van der Waals surface area (Å²) in [4.78, 5) is 124. The van der Waals surface area contributed by atoms with Crippen LogP contribution in [0.25, 0.3) is 118 Å². The zero-order chi connectivity index (χ0) is 97.5. The average Bonchev–Trinajstić information content (AvgIpc) is 1.45. The van der Waals surface area contributed by atoms with Crippen molar-refractivity contribution in [2.24, 2.45) is 0 Å². The molecule has 19 aromatic rings. The number of oxazole rings is 2. The van der Waals surface area contributed by atoms with Crippen molar-refractivity contribution in [3.05, 3.63) is 300 Å². The molecule has 3 aromatic carbocycles. The molecule has 5 aliphatic rings. The highest BCUT2D eigenvalue weighted by atomic mass is 32.2. The van der Waals surface area contributed by atoms with Gasteiger partial charge in [-0.05, 0) is 190 Å². The van der Waals surface area contributed by atoms with Gasteiger partial charge in [0, 0.05) is 238 Å². The molecule has 0 bridgehead atoms. The lowest BCUT2D eigenvalue weighted by Gasteiger charge is -2.37. The predicted molar refractivity (Wildman–Crippen MR) is 553 cm³/mol. The number of benzene rings is 3. The molecule has 0 spiro atoms. The Hall–Kier alpha value is -15.2. The first-order chi connectivity index (χ1) is 68.2. The van der Waals surface area contributed by atoms with E-state index in [1.165, 1.54) is 23.9 Å². The zero-order valence-corrected chi connectivity index (χ0v) is 81.4. The van der Waals surface area contributed by atoms with Crippen molar-refractivity contribution in [3.8, 4) is 56.4 Å². The fraction of sp³-hybridized carbons (Fsp3) is 0.305. The molecule has 0 saturated carbocycles. The molecule has 5 fully saturated rings. The normalized spacial score (nSPS) is 16.4. The van der Waals surface area contributed by atoms with E-state index in [4.69, 9.17) is 28.8 Å². The third kappa shape index (κ3) is 20.5. The Morgan fingerprint density at radius 2 is 0.738 bits per heavy atom. The average molecular weight is 1910 g/mol. The fourth-order valence-electron chi connectivity index (χ4n) is 18.9. The number of rotatable bonds is 11. The maximum absolute atomic E-state index is 14.1. The van der Waals surface area contributed by atoms with Crippen LogP contribution in [0.5, 0.6) is 0 Å². The van der Waals surface area contributed by atoms with Crippen LogP contribution in [-0.2, 0) is 0 Å². The summed E-state index contributed by atoms with van der Waals surface area (Å²) in [7, 11) is 6.42. The maximum Gasteiger partial charge on any atom is 0.258 e. The highest BCUT2D eigenvalue weighted by Gasteiger charge is 2.26. The van der Waals surface area contributed by atoms with Crippen LogP contribution >= 0.6 is 11.8 Å². The molecule has 34 nitrogen and oxygen atoms in total. The molecule has 24 rings (SSSR count). The molecule has 21 heterocycles. The lowest BCUT2D eigenvalue weighted by Crippen LogP contribution is -2.54. The second-order valence-electron chi connectivity index (χ2n) is 36.9. The molecule has 720 valence electrons. The number of likely N-dealkylation sites (N-methyl/N-ethyl adjacent to an activating group) is 3. The number of piperazine rings is 4. The van der Waals surface area contributed by atoms with Crippen molar-refractivity contribution >= 4 is 102 Å². The Kier molecular flexibility index (Phi) is 26.5. The van der Waals surface area contributed by atoms with Crippen molar-refractivity contribution in [2.45, 2.75) is 71.9 Å². The quantitative estimate of drug-likeness (QED) is 0.114. The first kappa shape index (κ1) is 93.4. The minimum Gasteiger partial charge on any atom is -0.441 e.